The Balaban J connectivity index is 1.98. The van der Waals surface area contributed by atoms with E-state index >= 15 is 0 Å². The van der Waals surface area contributed by atoms with Gasteiger partial charge in [0.15, 0.2) is 0 Å². The smallest absolute Gasteiger partial charge is 0.269 e. The van der Waals surface area contributed by atoms with Gasteiger partial charge in [0, 0.05) is 24.5 Å². The Morgan fingerprint density at radius 1 is 1.40 bits per heavy atom. The van der Waals surface area contributed by atoms with E-state index in [1.807, 2.05) is 19.1 Å². The molecular weight excluding hydrogens is 250 g/mol. The molecule has 110 valence electrons. The molecule has 2 rings (SSSR count). The topological polar surface area (TPSA) is 54.0 Å². The van der Waals surface area contributed by atoms with E-state index in [0.29, 0.717) is 18.3 Å². The molecule has 2 atom stereocenters. The van der Waals surface area contributed by atoms with Crippen molar-refractivity contribution in [2.24, 2.45) is 5.92 Å². The first-order valence-electron chi connectivity index (χ1n) is 7.73. The molecule has 0 aromatic carbocycles. The molecular formula is C16H25N3O. The van der Waals surface area contributed by atoms with Crippen LogP contribution in [-0.2, 0) is 0 Å². The summed E-state index contributed by atoms with van der Waals surface area (Å²) in [6.07, 6.45) is 8.07. The average Bonchev–Trinajstić information content (AvgIpc) is 2.48. The highest BCUT2D eigenvalue weighted by atomic mass is 16.1. The molecule has 0 radical (unpaired) electrons. The number of pyridine rings is 1. The van der Waals surface area contributed by atoms with Gasteiger partial charge in [0.1, 0.15) is 5.69 Å². The van der Waals surface area contributed by atoms with Crippen LogP contribution in [0.25, 0.3) is 0 Å². The van der Waals surface area contributed by atoms with Crippen molar-refractivity contribution in [1.29, 1.82) is 0 Å². The first kappa shape index (κ1) is 14.8. The standard InChI is InChI=1S/C16H25N3O/c1-3-12-6-5-7-13(10-12)19-14-8-9-18-15(11-14)16(20)17-4-2/h8-9,11-13H,3-7,10H2,1-2H3,(H,17,20)(H,18,19). The van der Waals surface area contributed by atoms with Crippen molar-refractivity contribution in [3.8, 4) is 0 Å². The minimum Gasteiger partial charge on any atom is -0.382 e. The van der Waals surface area contributed by atoms with Gasteiger partial charge in [0.05, 0.1) is 0 Å². The fourth-order valence-electron chi connectivity index (χ4n) is 2.92. The number of carbonyl (C=O) groups excluding carboxylic acids is 1. The first-order chi connectivity index (χ1) is 9.72. The summed E-state index contributed by atoms with van der Waals surface area (Å²) < 4.78 is 0. The summed E-state index contributed by atoms with van der Waals surface area (Å²) in [5, 5.41) is 6.34. The third-order valence-electron chi connectivity index (χ3n) is 4.06. The minimum absolute atomic E-state index is 0.105. The monoisotopic (exact) mass is 275 g/mol. The molecule has 0 aliphatic heterocycles. The van der Waals surface area contributed by atoms with Gasteiger partial charge < -0.3 is 10.6 Å². The van der Waals surface area contributed by atoms with Crippen LogP contribution >= 0.6 is 0 Å². The number of carbonyl (C=O) groups is 1. The normalized spacial score (nSPS) is 22.3. The number of nitrogens with one attached hydrogen (secondary N) is 2. The van der Waals surface area contributed by atoms with Crippen LogP contribution in [0.3, 0.4) is 0 Å². The molecule has 1 saturated carbocycles. The van der Waals surface area contributed by atoms with Crippen molar-refractivity contribution in [3.05, 3.63) is 24.0 Å². The quantitative estimate of drug-likeness (QED) is 0.867. The summed E-state index contributed by atoms with van der Waals surface area (Å²) in [6, 6.07) is 4.32. The maximum atomic E-state index is 11.8. The van der Waals surface area contributed by atoms with Gasteiger partial charge >= 0.3 is 0 Å². The van der Waals surface area contributed by atoms with Gasteiger partial charge in [-0.2, -0.15) is 0 Å². The number of aromatic nitrogens is 1. The molecule has 1 aliphatic carbocycles. The van der Waals surface area contributed by atoms with Crippen molar-refractivity contribution in [2.75, 3.05) is 11.9 Å². The Kier molecular flexibility index (Phi) is 5.39. The predicted octanol–water partition coefficient (Wildman–Crippen LogP) is 3.21. The third kappa shape index (κ3) is 3.95. The van der Waals surface area contributed by atoms with Gasteiger partial charge in [-0.15, -0.1) is 0 Å². The molecule has 0 spiro atoms. The largest absolute Gasteiger partial charge is 0.382 e. The lowest BCUT2D eigenvalue weighted by Gasteiger charge is -2.29. The van der Waals surface area contributed by atoms with E-state index in [-0.39, 0.29) is 5.91 Å². The molecule has 1 aromatic rings. The second-order valence-electron chi connectivity index (χ2n) is 5.57. The van der Waals surface area contributed by atoms with Crippen LogP contribution in [0.15, 0.2) is 18.3 Å². The van der Waals surface area contributed by atoms with Crippen molar-refractivity contribution in [3.63, 3.8) is 0 Å². The number of anilines is 1. The minimum atomic E-state index is -0.105. The van der Waals surface area contributed by atoms with E-state index < -0.39 is 0 Å². The molecule has 2 N–H and O–H groups in total. The summed E-state index contributed by atoms with van der Waals surface area (Å²) >= 11 is 0. The molecule has 1 aliphatic rings. The Bertz CT molecular complexity index is 447. The lowest BCUT2D eigenvalue weighted by molar-refractivity contribution is 0.0951. The van der Waals surface area contributed by atoms with E-state index in [2.05, 4.69) is 22.5 Å². The van der Waals surface area contributed by atoms with Crippen molar-refractivity contribution >= 4 is 11.6 Å². The summed E-state index contributed by atoms with van der Waals surface area (Å²) in [6.45, 7) is 4.80. The maximum Gasteiger partial charge on any atom is 0.269 e. The number of nitrogens with zero attached hydrogens (tertiary/aromatic N) is 1. The zero-order valence-electron chi connectivity index (χ0n) is 12.5. The molecule has 1 heterocycles. The van der Waals surface area contributed by atoms with Crippen LogP contribution in [0.4, 0.5) is 5.69 Å². The zero-order chi connectivity index (χ0) is 14.4. The van der Waals surface area contributed by atoms with Gasteiger partial charge in [-0.25, -0.2) is 0 Å². The maximum absolute atomic E-state index is 11.8. The average molecular weight is 275 g/mol. The lowest BCUT2D eigenvalue weighted by atomic mass is 9.84. The summed E-state index contributed by atoms with van der Waals surface area (Å²) in [7, 11) is 0. The van der Waals surface area contributed by atoms with Crippen LogP contribution < -0.4 is 10.6 Å². The number of amides is 1. The second-order valence-corrected chi connectivity index (χ2v) is 5.57. The third-order valence-corrected chi connectivity index (χ3v) is 4.06. The molecule has 1 amide bonds. The fraction of sp³-hybridized carbons (Fsp3) is 0.625. The van der Waals surface area contributed by atoms with Crippen LogP contribution in [0.1, 0.15) is 56.4 Å². The van der Waals surface area contributed by atoms with Crippen molar-refractivity contribution in [1.82, 2.24) is 10.3 Å². The Labute approximate surface area is 121 Å². The second kappa shape index (κ2) is 7.27. The Morgan fingerprint density at radius 2 is 2.25 bits per heavy atom. The molecule has 1 aromatic heterocycles. The molecule has 2 unspecified atom stereocenters. The van der Waals surface area contributed by atoms with Gasteiger partial charge in [-0.3, -0.25) is 9.78 Å². The Morgan fingerprint density at radius 3 is 3.00 bits per heavy atom. The van der Waals surface area contributed by atoms with Crippen LogP contribution in [0, 0.1) is 5.92 Å². The zero-order valence-corrected chi connectivity index (χ0v) is 12.5. The highest BCUT2D eigenvalue weighted by Crippen LogP contribution is 2.28. The Hall–Kier alpha value is -1.58. The van der Waals surface area contributed by atoms with E-state index in [9.17, 15) is 4.79 Å². The van der Waals surface area contributed by atoms with Crippen LogP contribution in [0.5, 0.6) is 0 Å². The van der Waals surface area contributed by atoms with Crippen LogP contribution in [0.2, 0.25) is 0 Å². The highest BCUT2D eigenvalue weighted by Gasteiger charge is 2.20. The summed E-state index contributed by atoms with van der Waals surface area (Å²) in [5.74, 6) is 0.733. The molecule has 20 heavy (non-hydrogen) atoms. The molecule has 4 heteroatoms. The lowest BCUT2D eigenvalue weighted by Crippen LogP contribution is -2.27. The van der Waals surface area contributed by atoms with Crippen LogP contribution in [-0.4, -0.2) is 23.5 Å². The van der Waals surface area contributed by atoms with Gasteiger partial charge in [0.25, 0.3) is 5.91 Å². The van der Waals surface area contributed by atoms with E-state index in [0.717, 1.165) is 11.6 Å². The number of hydrogen-bond donors (Lipinski definition) is 2. The van der Waals surface area contributed by atoms with Crippen molar-refractivity contribution < 1.29 is 4.79 Å². The number of hydrogen-bond acceptors (Lipinski definition) is 3. The van der Waals surface area contributed by atoms with E-state index in [4.69, 9.17) is 0 Å². The fourth-order valence-corrected chi connectivity index (χ4v) is 2.92. The SMILES string of the molecule is CCNC(=O)c1cc(NC2CCCC(CC)C2)ccn1. The van der Waals surface area contributed by atoms with E-state index in [1.165, 1.54) is 32.1 Å². The summed E-state index contributed by atoms with van der Waals surface area (Å²) in [5.41, 5.74) is 1.49. The molecule has 4 nitrogen and oxygen atoms in total. The van der Waals surface area contributed by atoms with Crippen molar-refractivity contribution in [2.45, 2.75) is 52.0 Å². The molecule has 0 saturated heterocycles. The van der Waals surface area contributed by atoms with Gasteiger partial charge in [-0.1, -0.05) is 26.2 Å². The first-order valence-corrected chi connectivity index (χ1v) is 7.73. The predicted molar refractivity (Wildman–Crippen MR) is 81.9 cm³/mol. The molecule has 0 bridgehead atoms. The number of rotatable bonds is 5. The van der Waals surface area contributed by atoms with E-state index in [1.54, 1.807) is 6.20 Å². The molecule has 1 fully saturated rings. The highest BCUT2D eigenvalue weighted by molar-refractivity contribution is 5.93. The van der Waals surface area contributed by atoms with Gasteiger partial charge in [0.2, 0.25) is 0 Å². The van der Waals surface area contributed by atoms with Gasteiger partial charge in [-0.05, 0) is 37.8 Å². The summed E-state index contributed by atoms with van der Waals surface area (Å²) in [4.78, 5) is 15.9.